The highest BCUT2D eigenvalue weighted by Crippen LogP contribution is 2.63. The Morgan fingerprint density at radius 2 is 1.75 bits per heavy atom. The number of benzene rings is 1. The second kappa shape index (κ2) is 7.22. The molecule has 1 aromatic rings. The van der Waals surface area contributed by atoms with Crippen molar-refractivity contribution in [1.82, 2.24) is 9.80 Å². The lowest BCUT2D eigenvalue weighted by Crippen LogP contribution is -2.50. The van der Waals surface area contributed by atoms with E-state index in [1.54, 1.807) is 11.1 Å². The average Bonchev–Trinajstić information content (AvgIpc) is 3.25. The van der Waals surface area contributed by atoms with Crippen LogP contribution in [0.1, 0.15) is 88.2 Å². The topological polar surface area (TPSA) is 32.6 Å². The molecule has 2 heterocycles. The van der Waals surface area contributed by atoms with E-state index in [2.05, 4.69) is 34.1 Å². The number of likely N-dealkylation sites (tertiary alicyclic amines) is 2. The predicted molar refractivity (Wildman–Crippen MR) is 125 cm³/mol. The number of nitrogens with zero attached hydrogens (tertiary/aromatic N) is 2. The Hall–Kier alpha value is -1.55. The predicted octanol–water partition coefficient (Wildman–Crippen LogP) is 5.43. The first kappa shape index (κ1) is 19.9. The summed E-state index contributed by atoms with van der Waals surface area (Å²) in [6, 6.07) is 10.4. The van der Waals surface area contributed by atoms with E-state index in [9.17, 15) is 4.79 Å². The first-order chi connectivity index (χ1) is 15.7. The lowest BCUT2D eigenvalue weighted by Gasteiger charge is -2.46. The molecule has 2 spiro atoms. The van der Waals surface area contributed by atoms with Crippen LogP contribution in [0.3, 0.4) is 0 Å². The van der Waals surface area contributed by atoms with Crippen LogP contribution in [0.2, 0.25) is 0 Å². The van der Waals surface area contributed by atoms with Gasteiger partial charge in [0.25, 0.3) is 0 Å². The molecule has 172 valence electrons. The van der Waals surface area contributed by atoms with E-state index in [0.717, 1.165) is 18.9 Å². The zero-order valence-electron chi connectivity index (χ0n) is 19.4. The molecule has 0 bridgehead atoms. The summed E-state index contributed by atoms with van der Waals surface area (Å²) < 4.78 is 5.92. The molecule has 4 aliphatic carbocycles. The van der Waals surface area contributed by atoms with Gasteiger partial charge in [0.15, 0.2) is 0 Å². The van der Waals surface area contributed by atoms with Gasteiger partial charge < -0.3 is 9.64 Å². The first-order valence-corrected chi connectivity index (χ1v) is 13.5. The van der Waals surface area contributed by atoms with Crippen LogP contribution >= 0.6 is 0 Å². The van der Waals surface area contributed by atoms with Crippen molar-refractivity contribution in [2.75, 3.05) is 13.1 Å². The van der Waals surface area contributed by atoms with E-state index in [1.165, 1.54) is 83.7 Å². The van der Waals surface area contributed by atoms with E-state index < -0.39 is 0 Å². The molecule has 1 amide bonds. The van der Waals surface area contributed by atoms with Crippen LogP contribution in [0.4, 0.5) is 4.79 Å². The molecule has 0 aromatic heterocycles. The summed E-state index contributed by atoms with van der Waals surface area (Å²) in [6.45, 7) is 2.52. The standard InChI is InChI=1S/C28H38N2O2/c31-26(32-23-6-2-3-7-23)30-25-10-9-21-19-22(12-14-28(21,25)30)29-17-15-27(16-18-29)13-11-20-5-1-4-8-24(20)27/h1,4-5,8,21-23,25H,2-3,6-7,9-19H2. The summed E-state index contributed by atoms with van der Waals surface area (Å²) >= 11 is 0. The number of aryl methyl sites for hydroxylation is 1. The van der Waals surface area contributed by atoms with E-state index >= 15 is 0 Å². The van der Waals surface area contributed by atoms with Gasteiger partial charge in [-0.3, -0.25) is 4.90 Å². The molecule has 5 fully saturated rings. The number of piperidine rings is 2. The van der Waals surface area contributed by atoms with Gasteiger partial charge >= 0.3 is 6.09 Å². The van der Waals surface area contributed by atoms with Crippen molar-refractivity contribution < 1.29 is 9.53 Å². The normalized spacial score (nSPS) is 37.9. The smallest absolute Gasteiger partial charge is 0.410 e. The number of amides is 1. The maximum atomic E-state index is 12.9. The van der Waals surface area contributed by atoms with Gasteiger partial charge in [-0.2, -0.15) is 0 Å². The third-order valence-corrected chi connectivity index (χ3v) is 10.7. The maximum Gasteiger partial charge on any atom is 0.410 e. The summed E-state index contributed by atoms with van der Waals surface area (Å²) in [5, 5.41) is 0. The first-order valence-electron chi connectivity index (χ1n) is 13.5. The Bertz CT molecular complexity index is 900. The largest absolute Gasteiger partial charge is 0.446 e. The number of hydrogen-bond donors (Lipinski definition) is 0. The molecule has 2 saturated heterocycles. The molecule has 2 aliphatic heterocycles. The fourth-order valence-corrected chi connectivity index (χ4v) is 8.96. The fraction of sp³-hybridized carbons (Fsp3) is 0.750. The highest BCUT2D eigenvalue weighted by atomic mass is 16.6. The van der Waals surface area contributed by atoms with Crippen molar-refractivity contribution in [2.24, 2.45) is 5.92 Å². The summed E-state index contributed by atoms with van der Waals surface area (Å²) in [5.74, 6) is 0.700. The van der Waals surface area contributed by atoms with Crippen LogP contribution in [0.25, 0.3) is 0 Å². The molecule has 7 rings (SSSR count). The monoisotopic (exact) mass is 434 g/mol. The van der Waals surface area contributed by atoms with Gasteiger partial charge in [-0.15, -0.1) is 0 Å². The van der Waals surface area contributed by atoms with Crippen LogP contribution in [-0.4, -0.2) is 52.7 Å². The Labute approximate surface area is 192 Å². The number of carbonyl (C=O) groups is 1. The highest BCUT2D eigenvalue weighted by Gasteiger charge is 2.73. The molecule has 4 unspecified atom stereocenters. The molecule has 0 radical (unpaired) electrons. The van der Waals surface area contributed by atoms with Crippen LogP contribution in [-0.2, 0) is 16.6 Å². The SMILES string of the molecule is O=C(OC1CCCC1)N1C2CCC3CC(N4CCC5(CCc6ccccc65)CC4)CCC321. The quantitative estimate of drug-likeness (QED) is 0.582. The fourth-order valence-electron chi connectivity index (χ4n) is 8.96. The highest BCUT2D eigenvalue weighted by molar-refractivity contribution is 5.74. The Morgan fingerprint density at radius 3 is 2.59 bits per heavy atom. The van der Waals surface area contributed by atoms with Crippen molar-refractivity contribution in [3.63, 3.8) is 0 Å². The van der Waals surface area contributed by atoms with Crippen molar-refractivity contribution >= 4 is 6.09 Å². The number of carbonyl (C=O) groups excluding carboxylic acids is 1. The molecule has 6 aliphatic rings. The molecular formula is C28H38N2O2. The van der Waals surface area contributed by atoms with Crippen molar-refractivity contribution in [2.45, 2.75) is 113 Å². The lowest BCUT2D eigenvalue weighted by molar-refractivity contribution is 0.0458. The van der Waals surface area contributed by atoms with Gasteiger partial charge in [-0.05, 0) is 119 Å². The van der Waals surface area contributed by atoms with Crippen LogP contribution in [0.15, 0.2) is 24.3 Å². The number of ether oxygens (including phenoxy) is 1. The molecular weight excluding hydrogens is 396 g/mol. The van der Waals surface area contributed by atoms with E-state index in [0.29, 0.717) is 17.4 Å². The number of fused-ring (bicyclic) bond motifs is 2. The van der Waals surface area contributed by atoms with Crippen LogP contribution in [0, 0.1) is 5.92 Å². The van der Waals surface area contributed by atoms with Crippen LogP contribution in [0.5, 0.6) is 0 Å². The molecule has 4 nitrogen and oxygen atoms in total. The number of rotatable bonds is 2. The summed E-state index contributed by atoms with van der Waals surface area (Å²) in [7, 11) is 0. The zero-order chi connectivity index (χ0) is 21.3. The zero-order valence-corrected chi connectivity index (χ0v) is 19.4. The summed E-state index contributed by atoms with van der Waals surface area (Å²) in [4.78, 5) is 18.0. The van der Waals surface area contributed by atoms with E-state index in [1.807, 2.05) is 0 Å². The third kappa shape index (κ3) is 2.80. The van der Waals surface area contributed by atoms with E-state index in [-0.39, 0.29) is 17.7 Å². The third-order valence-electron chi connectivity index (χ3n) is 10.7. The van der Waals surface area contributed by atoms with Crippen molar-refractivity contribution in [3.8, 4) is 0 Å². The van der Waals surface area contributed by atoms with Gasteiger partial charge in [-0.25, -0.2) is 4.79 Å². The van der Waals surface area contributed by atoms with Gasteiger partial charge in [0.1, 0.15) is 6.10 Å². The van der Waals surface area contributed by atoms with E-state index in [4.69, 9.17) is 4.74 Å². The minimum Gasteiger partial charge on any atom is -0.446 e. The van der Waals surface area contributed by atoms with Crippen molar-refractivity contribution in [1.29, 1.82) is 0 Å². The Morgan fingerprint density at radius 1 is 0.938 bits per heavy atom. The second-order valence-corrected chi connectivity index (χ2v) is 11.8. The summed E-state index contributed by atoms with van der Waals surface area (Å²) in [6.07, 6.45) is 16.4. The Kier molecular flexibility index (Phi) is 4.49. The van der Waals surface area contributed by atoms with Crippen LogP contribution < -0.4 is 0 Å². The summed E-state index contributed by atoms with van der Waals surface area (Å²) in [5.41, 5.74) is 3.90. The Balaban J connectivity index is 0.990. The molecule has 4 heteroatoms. The minimum absolute atomic E-state index is 0.0184. The number of hydrogen-bond acceptors (Lipinski definition) is 3. The van der Waals surface area contributed by atoms with Gasteiger partial charge in [-0.1, -0.05) is 24.3 Å². The molecule has 4 atom stereocenters. The van der Waals surface area contributed by atoms with Crippen molar-refractivity contribution in [3.05, 3.63) is 35.4 Å². The van der Waals surface area contributed by atoms with Gasteiger partial charge in [0.05, 0.1) is 11.6 Å². The molecule has 32 heavy (non-hydrogen) atoms. The van der Waals surface area contributed by atoms with Gasteiger partial charge in [0, 0.05) is 6.04 Å². The molecule has 1 aromatic carbocycles. The lowest BCUT2D eigenvalue weighted by atomic mass is 9.72. The average molecular weight is 435 g/mol. The van der Waals surface area contributed by atoms with Gasteiger partial charge in [0.2, 0.25) is 0 Å². The molecule has 0 N–H and O–H groups in total. The second-order valence-electron chi connectivity index (χ2n) is 11.8. The minimum atomic E-state index is 0.0184. The molecule has 3 saturated carbocycles. The maximum absolute atomic E-state index is 12.9.